The number of carbonyl (C=O) groups excluding carboxylic acids is 2. The maximum Gasteiger partial charge on any atom is 0.270 e. The van der Waals surface area contributed by atoms with Crippen molar-refractivity contribution in [1.29, 1.82) is 0 Å². The Morgan fingerprint density at radius 2 is 1.30 bits per heavy atom. The summed E-state index contributed by atoms with van der Waals surface area (Å²) in [7, 11) is -2.84. The number of likely N-dealkylation sites (tertiary alicyclic amines) is 1. The van der Waals surface area contributed by atoms with Crippen LogP contribution in [0.25, 0.3) is 0 Å². The fourth-order valence-corrected chi connectivity index (χ4v) is 5.56. The molecular formula is C23H24N2O4S. The zero-order valence-electron chi connectivity index (χ0n) is 16.9. The molecule has 30 heavy (non-hydrogen) atoms. The topological polar surface area (TPSA) is 74.8 Å². The number of hydrogen-bond donors (Lipinski definition) is 0. The molecule has 1 fully saturated rings. The van der Waals surface area contributed by atoms with Crippen LogP contribution in [0.4, 0.5) is 5.69 Å². The van der Waals surface area contributed by atoms with Crippen LogP contribution in [0, 0.1) is 0 Å². The van der Waals surface area contributed by atoms with E-state index in [1.54, 1.807) is 53.4 Å². The lowest BCUT2D eigenvalue weighted by Gasteiger charge is -2.32. The molecule has 156 valence electrons. The van der Waals surface area contributed by atoms with Gasteiger partial charge in [-0.3, -0.25) is 13.9 Å². The summed E-state index contributed by atoms with van der Waals surface area (Å²) in [5, 5.41) is 0. The average Bonchev–Trinajstić information content (AvgIpc) is 3.05. The minimum atomic E-state index is -4.25. The van der Waals surface area contributed by atoms with Crippen molar-refractivity contribution in [2.75, 3.05) is 24.4 Å². The van der Waals surface area contributed by atoms with E-state index in [4.69, 9.17) is 0 Å². The number of nitrogens with zero attached hydrogens (tertiary/aromatic N) is 2. The molecule has 0 saturated carbocycles. The molecular weight excluding hydrogens is 400 g/mol. The number of carbonyl (C=O) groups is 2. The van der Waals surface area contributed by atoms with E-state index in [1.165, 1.54) is 13.1 Å². The van der Waals surface area contributed by atoms with Gasteiger partial charge >= 0.3 is 0 Å². The number of allylic oxidation sites excluding steroid dienone is 2. The minimum Gasteiger partial charge on any atom is -0.367 e. The lowest BCUT2D eigenvalue weighted by atomic mass is 9.91. The highest BCUT2D eigenvalue weighted by Crippen LogP contribution is 2.34. The van der Waals surface area contributed by atoms with E-state index in [1.807, 2.05) is 0 Å². The van der Waals surface area contributed by atoms with Gasteiger partial charge in [0.1, 0.15) is 5.70 Å². The van der Waals surface area contributed by atoms with Gasteiger partial charge in [0.25, 0.3) is 10.0 Å². The summed E-state index contributed by atoms with van der Waals surface area (Å²) in [6.45, 7) is 1.12. The van der Waals surface area contributed by atoms with Crippen molar-refractivity contribution < 1.29 is 18.0 Å². The van der Waals surface area contributed by atoms with Gasteiger partial charge in [-0.2, -0.15) is 0 Å². The molecule has 0 atom stereocenters. The van der Waals surface area contributed by atoms with Crippen LogP contribution in [0.2, 0.25) is 0 Å². The maximum atomic E-state index is 13.7. The summed E-state index contributed by atoms with van der Waals surface area (Å²) >= 11 is 0. The van der Waals surface area contributed by atoms with Crippen LogP contribution in [0.5, 0.6) is 0 Å². The molecule has 0 amide bonds. The Bertz CT molecular complexity index is 1110. The van der Waals surface area contributed by atoms with Gasteiger partial charge in [0, 0.05) is 31.3 Å². The number of rotatable bonds is 4. The Balaban J connectivity index is 1.92. The highest BCUT2D eigenvalue weighted by Gasteiger charge is 2.43. The normalized spacial score (nSPS) is 17.6. The van der Waals surface area contributed by atoms with Crippen LogP contribution in [0.3, 0.4) is 0 Å². The SMILES string of the molecule is CN(c1ccccc1)S(=O)(=O)C1=C(N2CCCCCC2)C(=O)c2ccccc2C1=O. The number of benzene rings is 2. The summed E-state index contributed by atoms with van der Waals surface area (Å²) in [4.78, 5) is 28.3. The highest BCUT2D eigenvalue weighted by molar-refractivity contribution is 7.97. The number of ketones is 2. The summed E-state index contributed by atoms with van der Waals surface area (Å²) in [6, 6.07) is 15.0. The van der Waals surface area contributed by atoms with Crippen molar-refractivity contribution in [1.82, 2.24) is 4.90 Å². The first-order valence-electron chi connectivity index (χ1n) is 10.1. The zero-order valence-corrected chi connectivity index (χ0v) is 17.7. The quantitative estimate of drug-likeness (QED) is 0.749. The Kier molecular flexibility index (Phi) is 5.47. The molecule has 7 heteroatoms. The van der Waals surface area contributed by atoms with Crippen molar-refractivity contribution in [2.45, 2.75) is 25.7 Å². The molecule has 0 bridgehead atoms. The zero-order chi connectivity index (χ0) is 21.3. The van der Waals surface area contributed by atoms with E-state index in [9.17, 15) is 18.0 Å². The molecule has 2 aromatic carbocycles. The van der Waals surface area contributed by atoms with E-state index in [2.05, 4.69) is 0 Å². The van der Waals surface area contributed by atoms with Crippen LogP contribution in [-0.2, 0) is 10.0 Å². The smallest absolute Gasteiger partial charge is 0.270 e. The first-order chi connectivity index (χ1) is 14.4. The van der Waals surface area contributed by atoms with Crippen LogP contribution >= 0.6 is 0 Å². The van der Waals surface area contributed by atoms with Gasteiger partial charge in [0.2, 0.25) is 11.6 Å². The number of anilines is 1. The van der Waals surface area contributed by atoms with Gasteiger partial charge in [0.15, 0.2) is 4.91 Å². The van der Waals surface area contributed by atoms with Crippen molar-refractivity contribution in [3.8, 4) is 0 Å². The third kappa shape index (κ3) is 3.43. The molecule has 0 unspecified atom stereocenters. The molecule has 1 aliphatic carbocycles. The fraction of sp³-hybridized carbons (Fsp3) is 0.304. The molecule has 6 nitrogen and oxygen atoms in total. The van der Waals surface area contributed by atoms with E-state index in [0.717, 1.165) is 30.0 Å². The van der Waals surface area contributed by atoms with Crippen LogP contribution in [0.1, 0.15) is 46.4 Å². The summed E-state index contributed by atoms with van der Waals surface area (Å²) in [5.74, 6) is -1.01. The lowest BCUT2D eigenvalue weighted by Crippen LogP contribution is -2.40. The number of para-hydroxylation sites is 1. The van der Waals surface area contributed by atoms with Crippen molar-refractivity contribution in [3.05, 3.63) is 76.3 Å². The Morgan fingerprint density at radius 3 is 1.90 bits per heavy atom. The standard InChI is InChI=1S/C23H24N2O4S/c1-24(17-11-5-4-6-12-17)30(28,29)23-20(25-15-9-2-3-10-16-25)21(26)18-13-7-8-14-19(18)22(23)27/h4-8,11-14H,2-3,9-10,15-16H2,1H3. The van der Waals surface area contributed by atoms with Gasteiger partial charge < -0.3 is 4.90 Å². The second kappa shape index (κ2) is 8.07. The van der Waals surface area contributed by atoms with E-state index in [-0.39, 0.29) is 16.8 Å². The molecule has 2 aliphatic rings. The van der Waals surface area contributed by atoms with Crippen molar-refractivity contribution in [2.24, 2.45) is 0 Å². The number of Topliss-reactive ketones (excluding diaryl/α,β-unsaturated/α-hetero) is 2. The van der Waals surface area contributed by atoms with E-state index in [0.29, 0.717) is 18.8 Å². The van der Waals surface area contributed by atoms with Crippen LogP contribution in [-0.4, -0.2) is 45.0 Å². The first-order valence-corrected chi connectivity index (χ1v) is 11.6. The van der Waals surface area contributed by atoms with Gasteiger partial charge in [-0.1, -0.05) is 55.3 Å². The molecule has 4 rings (SSSR count). The lowest BCUT2D eigenvalue weighted by molar-refractivity contribution is 0.0947. The van der Waals surface area contributed by atoms with Crippen molar-refractivity contribution >= 4 is 27.3 Å². The third-order valence-electron chi connectivity index (χ3n) is 5.71. The molecule has 1 saturated heterocycles. The minimum absolute atomic E-state index is 0.0170. The summed E-state index contributed by atoms with van der Waals surface area (Å²) < 4.78 is 28.4. The third-order valence-corrected chi connectivity index (χ3v) is 7.54. The largest absolute Gasteiger partial charge is 0.367 e. The van der Waals surface area contributed by atoms with Crippen LogP contribution < -0.4 is 4.31 Å². The maximum absolute atomic E-state index is 13.7. The second-order valence-electron chi connectivity index (χ2n) is 7.59. The predicted molar refractivity (Wildman–Crippen MR) is 116 cm³/mol. The number of sulfonamides is 1. The van der Waals surface area contributed by atoms with Crippen molar-refractivity contribution in [3.63, 3.8) is 0 Å². The molecule has 0 N–H and O–H groups in total. The molecule has 0 radical (unpaired) electrons. The number of hydrogen-bond acceptors (Lipinski definition) is 5. The Labute approximate surface area is 176 Å². The fourth-order valence-electron chi connectivity index (χ4n) is 4.07. The predicted octanol–water partition coefficient (Wildman–Crippen LogP) is 3.62. The first kappa shape index (κ1) is 20.3. The van der Waals surface area contributed by atoms with Gasteiger partial charge in [-0.25, -0.2) is 8.42 Å². The summed E-state index contributed by atoms with van der Waals surface area (Å²) in [6.07, 6.45) is 3.76. The van der Waals surface area contributed by atoms with Gasteiger partial charge in [0.05, 0.1) is 5.69 Å². The second-order valence-corrected chi connectivity index (χ2v) is 9.50. The number of fused-ring (bicyclic) bond motifs is 1. The van der Waals surface area contributed by atoms with Gasteiger partial charge in [-0.05, 0) is 25.0 Å². The van der Waals surface area contributed by atoms with Crippen LogP contribution in [0.15, 0.2) is 65.2 Å². The van der Waals surface area contributed by atoms with E-state index < -0.39 is 26.5 Å². The highest BCUT2D eigenvalue weighted by atomic mass is 32.2. The Morgan fingerprint density at radius 1 is 0.767 bits per heavy atom. The molecule has 1 heterocycles. The van der Waals surface area contributed by atoms with E-state index >= 15 is 0 Å². The molecule has 0 spiro atoms. The summed E-state index contributed by atoms with van der Waals surface area (Å²) in [5.41, 5.74) is 0.854. The molecule has 0 aromatic heterocycles. The molecule has 2 aromatic rings. The molecule has 1 aliphatic heterocycles. The monoisotopic (exact) mass is 424 g/mol. The van der Waals surface area contributed by atoms with Gasteiger partial charge in [-0.15, -0.1) is 0 Å². The Hall–Kier alpha value is -2.93. The average molecular weight is 425 g/mol.